The van der Waals surface area contributed by atoms with Gasteiger partial charge in [0.2, 0.25) is 0 Å². The third-order valence-corrected chi connectivity index (χ3v) is 1.95. The number of rotatable bonds is 0. The van der Waals surface area contributed by atoms with Crippen LogP contribution in [0.25, 0.3) is 0 Å². The first kappa shape index (κ1) is 6.53. The van der Waals surface area contributed by atoms with Gasteiger partial charge < -0.3 is 11.5 Å². The highest BCUT2D eigenvalue weighted by molar-refractivity contribution is 14.1. The molecule has 0 fully saturated rings. The summed E-state index contributed by atoms with van der Waals surface area (Å²) in [6.45, 7) is 0. The van der Waals surface area contributed by atoms with Gasteiger partial charge in [0, 0.05) is 0 Å². The molecule has 0 unspecified atom stereocenters. The van der Waals surface area contributed by atoms with Gasteiger partial charge in [-0.05, 0) is 22.6 Å². The summed E-state index contributed by atoms with van der Waals surface area (Å²) in [6, 6.07) is 0. The van der Waals surface area contributed by atoms with Gasteiger partial charge in [0.05, 0.1) is 3.57 Å². The molecule has 1 aromatic heterocycles. The van der Waals surface area contributed by atoms with Gasteiger partial charge in [-0.2, -0.15) is 0 Å². The predicted octanol–water partition coefficient (Wildman–Crippen LogP) is 0.246. The van der Waals surface area contributed by atoms with Crippen molar-refractivity contribution in [1.29, 1.82) is 0 Å². The molecule has 1 aromatic rings. The molecule has 4 nitrogen and oxygen atoms in total. The zero-order valence-electron chi connectivity index (χ0n) is 4.50. The number of halogens is 1. The van der Waals surface area contributed by atoms with Crippen LogP contribution in [0, 0.1) is 3.57 Å². The third kappa shape index (κ3) is 1.21. The summed E-state index contributed by atoms with van der Waals surface area (Å²) in [7, 11) is 0. The van der Waals surface area contributed by atoms with Crippen molar-refractivity contribution >= 4 is 34.2 Å². The Morgan fingerprint density at radius 3 is 2.00 bits per heavy atom. The van der Waals surface area contributed by atoms with Crippen LogP contribution in [-0.4, -0.2) is 9.97 Å². The molecule has 1 heterocycles. The molecule has 0 aliphatic carbocycles. The summed E-state index contributed by atoms with van der Waals surface area (Å²) < 4.78 is 0.718. The van der Waals surface area contributed by atoms with Crippen LogP contribution in [0.3, 0.4) is 0 Å². The molecule has 0 radical (unpaired) electrons. The fourth-order valence-corrected chi connectivity index (χ4v) is 0.676. The van der Waals surface area contributed by atoms with E-state index in [4.69, 9.17) is 11.5 Å². The lowest BCUT2D eigenvalue weighted by atomic mass is 10.5. The second kappa shape index (κ2) is 2.34. The molecule has 0 aliphatic rings. The van der Waals surface area contributed by atoms with Crippen molar-refractivity contribution in [2.24, 2.45) is 0 Å². The number of nitrogens with two attached hydrogens (primary N) is 2. The SMILES string of the molecule is Nc1ncnc(N)c1I. The van der Waals surface area contributed by atoms with Gasteiger partial charge in [-0.15, -0.1) is 0 Å². The second-order valence-electron chi connectivity index (χ2n) is 1.46. The van der Waals surface area contributed by atoms with E-state index in [0.717, 1.165) is 3.57 Å². The van der Waals surface area contributed by atoms with Crippen molar-refractivity contribution in [2.45, 2.75) is 0 Å². The molecule has 4 N–H and O–H groups in total. The van der Waals surface area contributed by atoms with E-state index in [1.54, 1.807) is 0 Å². The Hall–Kier alpha value is -0.590. The lowest BCUT2D eigenvalue weighted by molar-refractivity contribution is 1.17. The first-order valence-electron chi connectivity index (χ1n) is 2.23. The minimum Gasteiger partial charge on any atom is -0.383 e. The van der Waals surface area contributed by atoms with Crippen molar-refractivity contribution in [1.82, 2.24) is 9.97 Å². The summed E-state index contributed by atoms with van der Waals surface area (Å²) in [5, 5.41) is 0. The Morgan fingerprint density at radius 1 is 1.22 bits per heavy atom. The Bertz CT molecular complexity index is 204. The first-order valence-corrected chi connectivity index (χ1v) is 3.31. The lowest BCUT2D eigenvalue weighted by Gasteiger charge is -1.96. The normalized spacial score (nSPS) is 9.44. The summed E-state index contributed by atoms with van der Waals surface area (Å²) in [4.78, 5) is 7.44. The highest BCUT2D eigenvalue weighted by Crippen LogP contribution is 2.15. The highest BCUT2D eigenvalue weighted by Gasteiger charge is 1.98. The molecule has 0 spiro atoms. The van der Waals surface area contributed by atoms with Crippen LogP contribution >= 0.6 is 22.6 Å². The fraction of sp³-hybridized carbons (Fsp3) is 0. The van der Waals surface area contributed by atoms with Gasteiger partial charge in [-0.25, -0.2) is 9.97 Å². The molecule has 48 valence electrons. The molecule has 1 rings (SSSR count). The average molecular weight is 236 g/mol. The van der Waals surface area contributed by atoms with Crippen LogP contribution in [0.1, 0.15) is 0 Å². The van der Waals surface area contributed by atoms with Crippen LogP contribution in [0.2, 0.25) is 0 Å². The number of hydrogen-bond donors (Lipinski definition) is 2. The van der Waals surface area contributed by atoms with Gasteiger partial charge in [-0.1, -0.05) is 0 Å². The minimum absolute atomic E-state index is 0.433. The minimum atomic E-state index is 0.433. The number of nitrogens with zero attached hydrogens (tertiary/aromatic N) is 2. The number of hydrogen-bond acceptors (Lipinski definition) is 4. The molecule has 0 bridgehead atoms. The zero-order chi connectivity index (χ0) is 6.85. The van der Waals surface area contributed by atoms with E-state index in [0.29, 0.717) is 11.6 Å². The van der Waals surface area contributed by atoms with E-state index in [9.17, 15) is 0 Å². The van der Waals surface area contributed by atoms with E-state index in [1.807, 2.05) is 22.6 Å². The van der Waals surface area contributed by atoms with Crippen LogP contribution in [0.15, 0.2) is 6.33 Å². The van der Waals surface area contributed by atoms with Gasteiger partial charge in [0.1, 0.15) is 18.0 Å². The molecule has 0 saturated carbocycles. The maximum absolute atomic E-state index is 5.38. The van der Waals surface area contributed by atoms with Crippen LogP contribution in [-0.2, 0) is 0 Å². The molecule has 0 atom stereocenters. The van der Waals surface area contributed by atoms with E-state index in [1.165, 1.54) is 6.33 Å². The maximum atomic E-state index is 5.38. The molecule has 0 aliphatic heterocycles. The predicted molar refractivity (Wildman–Crippen MR) is 43.6 cm³/mol. The van der Waals surface area contributed by atoms with Crippen LogP contribution in [0.4, 0.5) is 11.6 Å². The molecular formula is C4H5IN4. The summed E-state index contributed by atoms with van der Waals surface area (Å²) >= 11 is 1.99. The third-order valence-electron chi connectivity index (χ3n) is 0.843. The van der Waals surface area contributed by atoms with Gasteiger partial charge in [0.15, 0.2) is 0 Å². The molecule has 0 aromatic carbocycles. The summed E-state index contributed by atoms with van der Waals surface area (Å²) in [5.74, 6) is 0.867. The van der Waals surface area contributed by atoms with Gasteiger partial charge in [0.25, 0.3) is 0 Å². The van der Waals surface area contributed by atoms with E-state index in [2.05, 4.69) is 9.97 Å². The average Bonchev–Trinajstić information content (AvgIpc) is 1.83. The molecule has 5 heteroatoms. The monoisotopic (exact) mass is 236 g/mol. The quantitative estimate of drug-likeness (QED) is 0.632. The van der Waals surface area contributed by atoms with Gasteiger partial charge >= 0.3 is 0 Å². The van der Waals surface area contributed by atoms with Gasteiger partial charge in [-0.3, -0.25) is 0 Å². The lowest BCUT2D eigenvalue weighted by Crippen LogP contribution is -2.00. The Kier molecular flexibility index (Phi) is 1.70. The van der Waals surface area contributed by atoms with Crippen LogP contribution in [0.5, 0.6) is 0 Å². The maximum Gasteiger partial charge on any atom is 0.142 e. The van der Waals surface area contributed by atoms with E-state index in [-0.39, 0.29) is 0 Å². The zero-order valence-corrected chi connectivity index (χ0v) is 6.66. The van der Waals surface area contributed by atoms with Crippen molar-refractivity contribution < 1.29 is 0 Å². The Morgan fingerprint density at radius 2 is 1.67 bits per heavy atom. The Labute approximate surface area is 65.8 Å². The number of anilines is 2. The van der Waals surface area contributed by atoms with E-state index >= 15 is 0 Å². The largest absolute Gasteiger partial charge is 0.383 e. The van der Waals surface area contributed by atoms with Crippen LogP contribution < -0.4 is 11.5 Å². The number of nitrogen functional groups attached to an aromatic ring is 2. The van der Waals surface area contributed by atoms with Crippen molar-refractivity contribution in [3.63, 3.8) is 0 Å². The standard InChI is InChI=1S/C4H5IN4/c5-2-3(6)8-1-9-4(2)7/h1H,(H4,6,7,8,9). The second-order valence-corrected chi connectivity index (χ2v) is 2.54. The molecule has 9 heavy (non-hydrogen) atoms. The molecule has 0 saturated heterocycles. The smallest absolute Gasteiger partial charge is 0.142 e. The highest BCUT2D eigenvalue weighted by atomic mass is 127. The number of aromatic nitrogens is 2. The van der Waals surface area contributed by atoms with Crippen molar-refractivity contribution in [2.75, 3.05) is 11.5 Å². The molecular weight excluding hydrogens is 231 g/mol. The molecule has 0 amide bonds. The fourth-order valence-electron chi connectivity index (χ4n) is 0.398. The van der Waals surface area contributed by atoms with Crippen molar-refractivity contribution in [3.05, 3.63) is 9.90 Å². The van der Waals surface area contributed by atoms with E-state index < -0.39 is 0 Å². The Balaban J connectivity index is 3.25. The first-order chi connectivity index (χ1) is 4.22. The summed E-state index contributed by atoms with van der Waals surface area (Å²) in [6.07, 6.45) is 1.34. The summed E-state index contributed by atoms with van der Waals surface area (Å²) in [5.41, 5.74) is 10.8. The van der Waals surface area contributed by atoms with Crippen molar-refractivity contribution in [3.8, 4) is 0 Å². The topological polar surface area (TPSA) is 77.8 Å².